The standard InChI is InChI=1S/C28H27NO6S/c1-19-8-14-24(15-9-19)36(31,32)29-18-21-6-4-5-7-25(21)28(29)17-22(16-26(35-28)27(30)34-3)20-10-12-23(33-2)13-11-20/h4-16,22H,17-18H2,1-3H3/t22-,28-/m0/s1. The number of rotatable bonds is 5. The number of aryl methyl sites for hydroxylation is 1. The number of nitrogens with zero attached hydrogens (tertiary/aromatic N) is 1. The zero-order valence-corrected chi connectivity index (χ0v) is 21.1. The fraction of sp³-hybridized carbons (Fsp3) is 0.250. The Balaban J connectivity index is 1.68. The first-order valence-electron chi connectivity index (χ1n) is 11.6. The molecule has 1 spiro atoms. The van der Waals surface area contributed by atoms with Crippen molar-refractivity contribution in [2.75, 3.05) is 14.2 Å². The molecule has 2 aliphatic heterocycles. The summed E-state index contributed by atoms with van der Waals surface area (Å²) in [5.74, 6) is -0.303. The van der Waals surface area contributed by atoms with Crippen LogP contribution in [0.25, 0.3) is 0 Å². The molecule has 3 aromatic rings. The summed E-state index contributed by atoms with van der Waals surface area (Å²) in [6, 6.07) is 21.7. The lowest BCUT2D eigenvalue weighted by atomic mass is 9.84. The summed E-state index contributed by atoms with van der Waals surface area (Å²) in [5, 5.41) is 0. The largest absolute Gasteiger partial charge is 0.497 e. The van der Waals surface area contributed by atoms with Gasteiger partial charge < -0.3 is 14.2 Å². The molecule has 186 valence electrons. The molecule has 0 unspecified atom stereocenters. The van der Waals surface area contributed by atoms with Gasteiger partial charge in [-0.3, -0.25) is 0 Å². The predicted molar refractivity (Wildman–Crippen MR) is 134 cm³/mol. The van der Waals surface area contributed by atoms with Gasteiger partial charge in [0.2, 0.25) is 21.5 Å². The maximum Gasteiger partial charge on any atom is 0.373 e. The molecule has 0 fully saturated rings. The van der Waals surface area contributed by atoms with E-state index < -0.39 is 21.7 Å². The first-order chi connectivity index (χ1) is 17.3. The smallest absolute Gasteiger partial charge is 0.373 e. The highest BCUT2D eigenvalue weighted by molar-refractivity contribution is 7.89. The predicted octanol–water partition coefficient (Wildman–Crippen LogP) is 4.62. The van der Waals surface area contributed by atoms with Crippen molar-refractivity contribution >= 4 is 16.0 Å². The Hall–Kier alpha value is -3.62. The molecule has 0 saturated heterocycles. The summed E-state index contributed by atoms with van der Waals surface area (Å²) in [6.45, 7) is 2.02. The van der Waals surface area contributed by atoms with Crippen LogP contribution >= 0.6 is 0 Å². The van der Waals surface area contributed by atoms with Crippen molar-refractivity contribution in [1.82, 2.24) is 4.31 Å². The molecule has 36 heavy (non-hydrogen) atoms. The summed E-state index contributed by atoms with van der Waals surface area (Å²) >= 11 is 0. The van der Waals surface area contributed by atoms with Gasteiger partial charge in [0, 0.05) is 24.4 Å². The number of hydrogen-bond donors (Lipinski definition) is 0. The van der Waals surface area contributed by atoms with Gasteiger partial charge in [0.25, 0.3) is 0 Å². The molecule has 0 aliphatic carbocycles. The third kappa shape index (κ3) is 3.96. The van der Waals surface area contributed by atoms with E-state index in [9.17, 15) is 13.2 Å². The second kappa shape index (κ2) is 9.11. The van der Waals surface area contributed by atoms with E-state index in [1.54, 1.807) is 37.5 Å². The van der Waals surface area contributed by atoms with Crippen LogP contribution in [0.5, 0.6) is 5.75 Å². The normalized spacial score (nSPS) is 21.4. The fourth-order valence-corrected chi connectivity index (χ4v) is 6.61. The number of methoxy groups -OCH3 is 2. The minimum Gasteiger partial charge on any atom is -0.497 e. The van der Waals surface area contributed by atoms with Gasteiger partial charge in [-0.05, 0) is 48.4 Å². The second-order valence-electron chi connectivity index (χ2n) is 8.97. The van der Waals surface area contributed by atoms with Crippen LogP contribution in [0, 0.1) is 6.92 Å². The van der Waals surface area contributed by atoms with Gasteiger partial charge in [-0.25, -0.2) is 13.2 Å². The van der Waals surface area contributed by atoms with Gasteiger partial charge in [0.05, 0.1) is 19.1 Å². The van der Waals surface area contributed by atoms with Crippen LogP contribution in [-0.4, -0.2) is 32.9 Å². The number of esters is 1. The molecule has 0 N–H and O–H groups in total. The van der Waals surface area contributed by atoms with E-state index in [0.29, 0.717) is 11.3 Å². The van der Waals surface area contributed by atoms with E-state index in [1.807, 2.05) is 55.5 Å². The topological polar surface area (TPSA) is 82.1 Å². The lowest BCUT2D eigenvalue weighted by Crippen LogP contribution is -2.49. The molecular formula is C28H27NO6S. The SMILES string of the molecule is COC(=O)C1=C[C@H](c2ccc(OC)cc2)C[C@]2(O1)c1ccccc1CN2S(=O)(=O)c1ccc(C)cc1. The lowest BCUT2D eigenvalue weighted by Gasteiger charge is -2.43. The number of fused-ring (bicyclic) bond motifs is 2. The average Bonchev–Trinajstić information content (AvgIpc) is 3.22. The quantitative estimate of drug-likeness (QED) is 0.471. The van der Waals surface area contributed by atoms with Gasteiger partial charge in [-0.15, -0.1) is 4.31 Å². The molecular weight excluding hydrogens is 478 g/mol. The minimum atomic E-state index is -3.99. The number of benzene rings is 3. The zero-order chi connectivity index (χ0) is 25.5. The summed E-state index contributed by atoms with van der Waals surface area (Å²) in [5.41, 5.74) is 1.97. The Labute approximate surface area is 211 Å². The van der Waals surface area contributed by atoms with Crippen LogP contribution in [0.3, 0.4) is 0 Å². The number of carbonyl (C=O) groups is 1. The molecule has 0 saturated carbocycles. The van der Waals surface area contributed by atoms with Gasteiger partial charge >= 0.3 is 5.97 Å². The molecule has 0 bridgehead atoms. The highest BCUT2D eigenvalue weighted by atomic mass is 32.2. The van der Waals surface area contributed by atoms with Gasteiger partial charge in [0.15, 0.2) is 0 Å². The first-order valence-corrected chi connectivity index (χ1v) is 13.0. The lowest BCUT2D eigenvalue weighted by molar-refractivity contribution is -0.154. The first kappa shape index (κ1) is 24.1. The summed E-state index contributed by atoms with van der Waals surface area (Å²) < 4.78 is 46.1. The van der Waals surface area contributed by atoms with E-state index in [1.165, 1.54) is 11.4 Å². The maximum atomic E-state index is 14.1. The van der Waals surface area contributed by atoms with Crippen LogP contribution < -0.4 is 4.74 Å². The summed E-state index contributed by atoms with van der Waals surface area (Å²) in [7, 11) is -1.12. The van der Waals surface area contributed by atoms with Crippen molar-refractivity contribution < 1.29 is 27.4 Å². The number of sulfonamides is 1. The van der Waals surface area contributed by atoms with Crippen molar-refractivity contribution in [2.24, 2.45) is 0 Å². The van der Waals surface area contributed by atoms with Crippen LogP contribution in [0.15, 0.2) is 89.5 Å². The van der Waals surface area contributed by atoms with Crippen LogP contribution in [0.4, 0.5) is 0 Å². The van der Waals surface area contributed by atoms with Crippen LogP contribution in [-0.2, 0) is 36.6 Å². The molecule has 5 rings (SSSR count). The molecule has 0 aromatic heterocycles. The van der Waals surface area contributed by atoms with E-state index in [-0.39, 0.29) is 29.5 Å². The molecule has 0 radical (unpaired) electrons. The molecule has 3 aromatic carbocycles. The highest BCUT2D eigenvalue weighted by Gasteiger charge is 2.56. The van der Waals surface area contributed by atoms with Gasteiger partial charge in [-0.2, -0.15) is 0 Å². The number of carbonyl (C=O) groups excluding carboxylic acids is 1. The van der Waals surface area contributed by atoms with Crippen LogP contribution in [0.1, 0.15) is 34.6 Å². The van der Waals surface area contributed by atoms with Crippen molar-refractivity contribution in [3.8, 4) is 5.75 Å². The van der Waals surface area contributed by atoms with Crippen molar-refractivity contribution in [3.63, 3.8) is 0 Å². The second-order valence-corrected chi connectivity index (χ2v) is 10.8. The Bertz CT molecular complexity index is 1430. The number of allylic oxidation sites excluding steroid dienone is 1. The molecule has 7 nitrogen and oxygen atoms in total. The molecule has 8 heteroatoms. The van der Waals surface area contributed by atoms with Crippen molar-refractivity contribution in [2.45, 2.75) is 36.4 Å². The zero-order valence-electron chi connectivity index (χ0n) is 20.3. The minimum absolute atomic E-state index is 0.0228. The third-order valence-electron chi connectivity index (χ3n) is 6.82. The fourth-order valence-electron chi connectivity index (χ4n) is 4.96. The third-order valence-corrected chi connectivity index (χ3v) is 8.69. The van der Waals surface area contributed by atoms with Crippen molar-refractivity contribution in [3.05, 3.63) is 107 Å². The molecule has 2 heterocycles. The number of hydrogen-bond acceptors (Lipinski definition) is 6. The molecule has 0 amide bonds. The average molecular weight is 506 g/mol. The summed E-state index contributed by atoms with van der Waals surface area (Å²) in [6.07, 6.45) is 1.98. The van der Waals surface area contributed by atoms with E-state index in [4.69, 9.17) is 14.2 Å². The summed E-state index contributed by atoms with van der Waals surface area (Å²) in [4.78, 5) is 12.9. The Morgan fingerprint density at radius 3 is 2.36 bits per heavy atom. The maximum absolute atomic E-state index is 14.1. The highest BCUT2D eigenvalue weighted by Crippen LogP contribution is 2.52. The molecule has 2 aliphatic rings. The van der Waals surface area contributed by atoms with Crippen molar-refractivity contribution in [1.29, 1.82) is 0 Å². The van der Waals surface area contributed by atoms with E-state index >= 15 is 0 Å². The van der Waals surface area contributed by atoms with Gasteiger partial charge in [-0.1, -0.05) is 54.1 Å². The Morgan fingerprint density at radius 1 is 1.00 bits per heavy atom. The molecule has 2 atom stereocenters. The van der Waals surface area contributed by atoms with E-state index in [0.717, 1.165) is 16.7 Å². The van der Waals surface area contributed by atoms with Crippen LogP contribution in [0.2, 0.25) is 0 Å². The number of ether oxygens (including phenoxy) is 3. The van der Waals surface area contributed by atoms with Gasteiger partial charge in [0.1, 0.15) is 5.75 Å². The monoisotopic (exact) mass is 505 g/mol. The Morgan fingerprint density at radius 2 is 1.69 bits per heavy atom. The van der Waals surface area contributed by atoms with E-state index in [2.05, 4.69) is 0 Å². The Kier molecular flexibility index (Phi) is 6.10.